The van der Waals surface area contributed by atoms with E-state index in [9.17, 15) is 34.0 Å². The molecule has 3 aromatic carbocycles. The summed E-state index contributed by atoms with van der Waals surface area (Å²) in [6, 6.07) is 38.2. The van der Waals surface area contributed by atoms with Crippen LogP contribution in [-0.4, -0.2) is 107 Å². The van der Waals surface area contributed by atoms with Gasteiger partial charge >= 0.3 is 23.9 Å². The van der Waals surface area contributed by atoms with E-state index in [-0.39, 0.29) is 29.8 Å². The molecular weight excluding hydrogens is 1400 g/mol. The van der Waals surface area contributed by atoms with Crippen molar-refractivity contribution in [3.05, 3.63) is 281 Å². The molecule has 9 heterocycles. The average molecular weight is 1470 g/mol. The number of aromatic nitrogens is 9. The number of pyridine rings is 9. The van der Waals surface area contributed by atoms with Crippen molar-refractivity contribution in [3.8, 4) is 6.07 Å². The fourth-order valence-corrected chi connectivity index (χ4v) is 11.1. The quantitative estimate of drug-likeness (QED) is 0.0329. The molecule has 12 aromatic rings. The summed E-state index contributed by atoms with van der Waals surface area (Å²) in [6.45, 7) is 6.76. The summed E-state index contributed by atoms with van der Waals surface area (Å²) in [6.07, 6.45) is 10.1. The Labute approximate surface area is 618 Å². The van der Waals surface area contributed by atoms with Crippen LogP contribution in [0.1, 0.15) is 135 Å². The minimum Gasteiger partial charge on any atom is -0.478 e. The van der Waals surface area contributed by atoms with Crippen molar-refractivity contribution >= 4 is 121 Å². The predicted molar refractivity (Wildman–Crippen MR) is 400 cm³/mol. The Morgan fingerprint density at radius 1 is 0.467 bits per heavy atom. The molecule has 105 heavy (non-hydrogen) atoms. The summed E-state index contributed by atoms with van der Waals surface area (Å²) in [5.41, 5.74) is 35.6. The molecule has 12 rings (SSSR count). The van der Waals surface area contributed by atoms with E-state index in [1.165, 1.54) is 58.2 Å². The molecule has 534 valence electrons. The number of nitrogen functional groups attached to an aromatic ring is 3. The van der Waals surface area contributed by atoms with Gasteiger partial charge in [-0.3, -0.25) is 39.5 Å². The molecule has 26 nitrogen and oxygen atoms in total. The largest absolute Gasteiger partial charge is 0.478 e. The molecule has 2 amide bonds. The molecule has 0 aliphatic heterocycles. The first kappa shape index (κ1) is 78.1. The Balaban J connectivity index is 0.000000188. The van der Waals surface area contributed by atoms with Gasteiger partial charge < -0.3 is 52.9 Å². The van der Waals surface area contributed by atoms with Crippen LogP contribution in [0.5, 0.6) is 0 Å². The Kier molecular flexibility index (Phi) is 27.0. The summed E-state index contributed by atoms with van der Waals surface area (Å²) >= 11 is 12.1. The first-order valence-electron chi connectivity index (χ1n) is 31.7. The van der Waals surface area contributed by atoms with Crippen molar-refractivity contribution in [1.82, 2.24) is 55.5 Å². The van der Waals surface area contributed by atoms with Crippen molar-refractivity contribution in [2.24, 2.45) is 5.73 Å². The number of aromatic carboxylic acids is 1. The molecule has 0 radical (unpaired) electrons. The number of benzene rings is 3. The van der Waals surface area contributed by atoms with E-state index in [0.717, 1.165) is 50.5 Å². The Morgan fingerprint density at radius 3 is 1.15 bits per heavy atom. The van der Waals surface area contributed by atoms with Crippen LogP contribution in [0.3, 0.4) is 0 Å². The number of methoxy groups -OCH3 is 3. The Hall–Kier alpha value is -12.7. The standard InChI is InChI=1S/C26H22N6O3.C25H22ClN5O3.C18H13ClN2O4.C7H11N3.ClH/c1-15-19(3-4-23(28)32-15)14-31-25(33)18-5-6-29-21(11-18)9-16-7-20-8-17(12-27)13-30-24(20)22(10-16)26(34)35-2;1-14-17(3-4-22(27)31-14)12-30-24(32)16-5-6-28-20(11-16)8-15-7-18-10-19(26)13-29-23(18)21(9-15)25(33)34-2;1-25-18(24)15-6-10(4-12-7-13(19)9-21-16(12)15)5-14-8-11(17(22)23)2-3-20-14;1-5-6(4-8)2-3-7(9)10-5;/h3-8,10-11,13H,9,14H2,1-2H3,(H2,28,32)(H,31,33);3-7,9-11,13H,8,12H2,1-2H3,(H2,27,31)(H,30,32);2-4,6-9H,5H2,1H3,(H,22,23);2-3H,4,8H2,1H3,(H2,9,10);1H. The number of carboxylic acid groups (broad SMARTS) is 1. The number of anilines is 3. The maximum absolute atomic E-state index is 12.7. The number of hydrogen-bond donors (Lipinski definition) is 7. The van der Waals surface area contributed by atoms with Crippen LogP contribution in [0.2, 0.25) is 10.0 Å². The van der Waals surface area contributed by atoms with E-state index in [2.05, 4.69) is 61.6 Å². The van der Waals surface area contributed by atoms with Gasteiger partial charge in [-0.15, -0.1) is 12.4 Å². The molecule has 0 saturated carbocycles. The van der Waals surface area contributed by atoms with Gasteiger partial charge in [0.2, 0.25) is 0 Å². The van der Waals surface area contributed by atoms with Gasteiger partial charge in [0.15, 0.2) is 0 Å². The fraction of sp³-hybridized carbons (Fsp3) is 0.158. The zero-order chi connectivity index (χ0) is 74.7. The minimum atomic E-state index is -1.02. The summed E-state index contributed by atoms with van der Waals surface area (Å²) in [7, 11) is 3.92. The SMILES string of the molecule is COC(=O)c1cc(Cc2cc(C(=O)NCc3ccc(N)nc3C)ccn2)cc2cc(C#N)cnc12.COC(=O)c1cc(Cc2cc(C(=O)NCc3ccc(N)nc3C)ccn2)cc2cc(Cl)cnc12.COC(=O)c1cc(Cc2cc(C(=O)O)ccn2)cc2cc(Cl)cnc12.Cc1nc(N)ccc1CN.Cl. The lowest BCUT2D eigenvalue weighted by atomic mass is 10.00. The van der Waals surface area contributed by atoms with Crippen LogP contribution in [-0.2, 0) is 53.1 Å². The number of nitrogens with two attached hydrogens (primary N) is 4. The molecule has 29 heteroatoms. The van der Waals surface area contributed by atoms with Crippen molar-refractivity contribution in [2.45, 2.75) is 59.7 Å². The van der Waals surface area contributed by atoms with Crippen LogP contribution < -0.4 is 33.6 Å². The van der Waals surface area contributed by atoms with Crippen LogP contribution in [0.4, 0.5) is 17.5 Å². The lowest BCUT2D eigenvalue weighted by Gasteiger charge is -2.10. The molecule has 9 aromatic heterocycles. The monoisotopic (exact) mass is 1470 g/mol. The van der Waals surface area contributed by atoms with Crippen molar-refractivity contribution in [2.75, 3.05) is 38.5 Å². The number of nitrogens with one attached hydrogen (secondary N) is 2. The molecule has 0 unspecified atom stereocenters. The van der Waals surface area contributed by atoms with Crippen LogP contribution in [0.25, 0.3) is 32.7 Å². The number of esters is 3. The van der Waals surface area contributed by atoms with Gasteiger partial charge in [-0.25, -0.2) is 34.1 Å². The zero-order valence-corrected chi connectivity index (χ0v) is 59.7. The van der Waals surface area contributed by atoms with Crippen LogP contribution >= 0.6 is 35.6 Å². The predicted octanol–water partition coefficient (Wildman–Crippen LogP) is 11.2. The molecule has 0 spiro atoms. The number of amides is 2. The summed E-state index contributed by atoms with van der Waals surface area (Å²) in [5, 5.41) is 27.0. The third kappa shape index (κ3) is 20.8. The van der Waals surface area contributed by atoms with Gasteiger partial charge in [0.1, 0.15) is 23.5 Å². The van der Waals surface area contributed by atoms with Gasteiger partial charge in [0.05, 0.1) is 75.7 Å². The Morgan fingerprint density at radius 2 is 0.810 bits per heavy atom. The highest BCUT2D eigenvalue weighted by molar-refractivity contribution is 6.31. The molecule has 11 N–H and O–H groups in total. The van der Waals surface area contributed by atoms with Crippen molar-refractivity contribution in [3.63, 3.8) is 0 Å². The third-order valence-electron chi connectivity index (χ3n) is 15.9. The van der Waals surface area contributed by atoms with Gasteiger partial charge in [0, 0.05) is 138 Å². The Bertz CT molecular complexity index is 5330. The van der Waals surface area contributed by atoms with Crippen LogP contribution in [0, 0.1) is 32.1 Å². The van der Waals surface area contributed by atoms with E-state index in [1.54, 1.807) is 91.3 Å². The second-order valence-corrected chi connectivity index (χ2v) is 24.1. The molecule has 0 bridgehead atoms. The summed E-state index contributed by atoms with van der Waals surface area (Å²) < 4.78 is 14.7. The van der Waals surface area contributed by atoms with Crippen molar-refractivity contribution in [1.29, 1.82) is 5.26 Å². The summed E-state index contributed by atoms with van der Waals surface area (Å²) in [4.78, 5) is 111. The fourth-order valence-electron chi connectivity index (χ4n) is 10.8. The number of ether oxygens (including phenoxy) is 3. The first-order valence-corrected chi connectivity index (χ1v) is 32.4. The number of carboxylic acids is 1. The zero-order valence-electron chi connectivity index (χ0n) is 57.4. The number of halogens is 3. The number of aryl methyl sites for hydroxylation is 3. The lowest BCUT2D eigenvalue weighted by Crippen LogP contribution is -2.23. The molecule has 0 aliphatic rings. The van der Waals surface area contributed by atoms with E-state index in [4.69, 9.17) is 65.5 Å². The number of carbonyl (C=O) groups is 6. The molecule has 0 atom stereocenters. The van der Waals surface area contributed by atoms with E-state index in [1.807, 2.05) is 57.2 Å². The van der Waals surface area contributed by atoms with E-state index in [0.29, 0.717) is 150 Å². The number of carbonyl (C=O) groups excluding carboxylic acids is 5. The summed E-state index contributed by atoms with van der Waals surface area (Å²) in [5.74, 6) is -1.60. The minimum absolute atomic E-state index is 0. The number of rotatable bonds is 17. The highest BCUT2D eigenvalue weighted by Crippen LogP contribution is 2.28. The first-order chi connectivity index (χ1) is 49.9. The second-order valence-electron chi connectivity index (χ2n) is 23.2. The topological polar surface area (TPSA) is 418 Å². The van der Waals surface area contributed by atoms with E-state index >= 15 is 0 Å². The normalized spacial score (nSPS) is 10.5. The van der Waals surface area contributed by atoms with E-state index < -0.39 is 23.9 Å². The number of hydrogen-bond acceptors (Lipinski definition) is 23. The molecule has 0 aliphatic carbocycles. The van der Waals surface area contributed by atoms with Gasteiger partial charge in [-0.05, 0) is 163 Å². The van der Waals surface area contributed by atoms with Gasteiger partial charge in [0.25, 0.3) is 11.8 Å². The molecule has 0 fully saturated rings. The maximum Gasteiger partial charge on any atom is 0.340 e. The average Bonchev–Trinajstić information content (AvgIpc) is 0.798. The lowest BCUT2D eigenvalue weighted by molar-refractivity contribution is 0.0593. The number of fused-ring (bicyclic) bond motifs is 3. The molecular formula is C76H69Cl3N16O10. The smallest absolute Gasteiger partial charge is 0.340 e. The highest BCUT2D eigenvalue weighted by Gasteiger charge is 2.20. The third-order valence-corrected chi connectivity index (χ3v) is 16.3. The molecule has 0 saturated heterocycles. The number of nitrogens with zero attached hydrogens (tertiary/aromatic N) is 10. The maximum atomic E-state index is 12.7. The van der Waals surface area contributed by atoms with Crippen LogP contribution in [0.15, 0.2) is 165 Å². The van der Waals surface area contributed by atoms with Gasteiger partial charge in [-0.2, -0.15) is 5.26 Å². The van der Waals surface area contributed by atoms with Gasteiger partial charge in [-0.1, -0.05) is 41.4 Å². The highest BCUT2D eigenvalue weighted by atomic mass is 35.5. The second kappa shape index (κ2) is 36.3. The number of nitriles is 1. The van der Waals surface area contributed by atoms with Crippen molar-refractivity contribution < 1.29 is 48.1 Å².